The van der Waals surface area contributed by atoms with Crippen LogP contribution in [0.4, 0.5) is 36.6 Å². The third kappa shape index (κ3) is 10.0. The zero-order valence-electron chi connectivity index (χ0n) is 38.6. The van der Waals surface area contributed by atoms with Gasteiger partial charge in [0.1, 0.15) is 29.5 Å². The van der Waals surface area contributed by atoms with Gasteiger partial charge in [-0.2, -0.15) is 18.0 Å². The molecule has 0 saturated carbocycles. The van der Waals surface area contributed by atoms with E-state index in [0.29, 0.717) is 73.0 Å². The Bertz CT molecular complexity index is 3240. The summed E-state index contributed by atoms with van der Waals surface area (Å²) in [5.74, 6) is -2.32. The zero-order valence-corrected chi connectivity index (χ0v) is 39.4. The van der Waals surface area contributed by atoms with Crippen LogP contribution in [0.15, 0.2) is 72.2 Å². The molecule has 0 spiro atoms. The topological polar surface area (TPSA) is 253 Å². The van der Waals surface area contributed by atoms with E-state index >= 15 is 8.78 Å². The number of fused-ring (bicyclic) bond motifs is 2. The zero-order chi connectivity index (χ0) is 50.1. The van der Waals surface area contributed by atoms with Crippen molar-refractivity contribution in [3.8, 4) is 23.3 Å². The Kier molecular flexibility index (Phi) is 13.7. The molecule has 2 aliphatic rings. The van der Waals surface area contributed by atoms with Crippen LogP contribution in [-0.2, 0) is 26.8 Å². The number of nitrogens with one attached hydrogen (secondary N) is 3. The monoisotopic (exact) mass is 981 g/mol. The van der Waals surface area contributed by atoms with Crippen LogP contribution in [0.5, 0.6) is 11.5 Å². The molecule has 0 unspecified atom stereocenters. The van der Waals surface area contributed by atoms with E-state index in [1.54, 1.807) is 48.7 Å². The van der Waals surface area contributed by atoms with Gasteiger partial charge in [-0.05, 0) is 55.3 Å². The predicted molar refractivity (Wildman–Crippen MR) is 255 cm³/mol. The molecule has 2 aliphatic heterocycles. The van der Waals surface area contributed by atoms with Gasteiger partial charge in [-0.25, -0.2) is 28.5 Å². The first kappa shape index (κ1) is 48.7. The van der Waals surface area contributed by atoms with Gasteiger partial charge in [0.2, 0.25) is 17.8 Å². The van der Waals surface area contributed by atoms with Crippen molar-refractivity contribution in [2.24, 2.45) is 7.05 Å². The lowest BCUT2D eigenvalue weighted by Crippen LogP contribution is -2.52. The molecule has 2 fully saturated rings. The first-order chi connectivity index (χ1) is 33.4. The van der Waals surface area contributed by atoms with E-state index in [1.165, 1.54) is 54.6 Å². The summed E-state index contributed by atoms with van der Waals surface area (Å²) in [6, 6.07) is 10.4. The van der Waals surface area contributed by atoms with Gasteiger partial charge in [-0.1, -0.05) is 13.8 Å². The number of nitrogens with zero attached hydrogens (tertiary/aromatic N) is 10. The largest absolute Gasteiger partial charge is 0.453 e. The van der Waals surface area contributed by atoms with Crippen molar-refractivity contribution in [1.82, 2.24) is 38.6 Å². The van der Waals surface area contributed by atoms with Crippen LogP contribution in [0.2, 0.25) is 0 Å². The van der Waals surface area contributed by atoms with Gasteiger partial charge in [-0.15, -0.1) is 0 Å². The molecule has 6 aromatic rings. The van der Waals surface area contributed by atoms with E-state index in [1.807, 2.05) is 9.80 Å². The number of urea groups is 1. The summed E-state index contributed by atoms with van der Waals surface area (Å²) >= 11 is 0. The average Bonchev–Trinajstić information content (AvgIpc) is 3.64. The van der Waals surface area contributed by atoms with Gasteiger partial charge in [0.15, 0.2) is 11.6 Å². The van der Waals surface area contributed by atoms with E-state index in [2.05, 4.69) is 30.3 Å². The summed E-state index contributed by atoms with van der Waals surface area (Å²) < 4.78 is 68.0. The summed E-state index contributed by atoms with van der Waals surface area (Å²) in [5.41, 5.74) is -0.532. The number of anilines is 4. The number of aryl methyl sites for hydroxylation is 1. The molecule has 0 atom stereocenters. The third-order valence-corrected chi connectivity index (χ3v) is 14.0. The molecule has 8 rings (SSSR count). The van der Waals surface area contributed by atoms with Gasteiger partial charge in [0.05, 0.1) is 63.6 Å². The molecule has 0 aliphatic carbocycles. The van der Waals surface area contributed by atoms with E-state index < -0.39 is 56.3 Å². The second kappa shape index (κ2) is 19.7. The standard InChI is InChI=1S/C46H49F2N13O8S/c1-5-40(62)54-45(65)53-37-26-56(3)38-21-39(34(48)20-30(37)38)58-13-11-46(66,12-14-58)22-41(63)59-15-17-60(18-16-59)44-50-24-28(25-51-44)61-27-52-35-9-7-29(19-31(35)43(61)64)69-42-32(23-49)36(10-8-33(42)47)55-70(67,68)57(4)6-2/h7-10,19-21,24-27,55,66H,5-6,11-18,22H2,1-4H3,(H2,53,54,62,65). The molecular weight excluding hydrogens is 933 g/mol. The molecule has 0 radical (unpaired) electrons. The van der Waals surface area contributed by atoms with Crippen LogP contribution in [0.1, 0.15) is 45.1 Å². The SMILES string of the molecule is CCC(=O)NC(=O)Nc1cn(C)c2cc(N3CCC(O)(CC(=O)N4CCN(c5ncc(-n6cnc7ccc(Oc8c(F)ccc(NS(=O)(=O)N(C)CC)c8C#N)cc7c6=O)cn5)CC4)CC3)c(F)cc12. The maximum absolute atomic E-state index is 15.6. The molecule has 4 amide bonds. The summed E-state index contributed by atoms with van der Waals surface area (Å²) in [7, 11) is -0.960. The summed E-state index contributed by atoms with van der Waals surface area (Å²) in [6.07, 6.45) is 6.33. The van der Waals surface area contributed by atoms with Crippen LogP contribution < -0.4 is 35.5 Å². The number of nitriles is 1. The fourth-order valence-corrected chi connectivity index (χ4v) is 9.24. The number of carbonyl (C=O) groups excluding carboxylic acids is 3. The number of aromatic nitrogens is 5. The molecule has 3 aromatic heterocycles. The normalized spacial score (nSPS) is 15.0. The van der Waals surface area contributed by atoms with E-state index in [9.17, 15) is 38.0 Å². The number of hydrogen-bond acceptors (Lipinski definition) is 14. The number of ether oxygens (including phenoxy) is 1. The molecule has 366 valence electrons. The van der Waals surface area contributed by atoms with Crippen molar-refractivity contribution in [3.63, 3.8) is 0 Å². The van der Waals surface area contributed by atoms with Crippen molar-refractivity contribution in [2.75, 3.05) is 72.7 Å². The average molecular weight is 982 g/mol. The van der Waals surface area contributed by atoms with E-state index in [-0.39, 0.29) is 60.6 Å². The van der Waals surface area contributed by atoms with Crippen LogP contribution in [-0.4, -0.2) is 123 Å². The Hall–Kier alpha value is -7.75. The molecule has 24 heteroatoms. The highest BCUT2D eigenvalue weighted by atomic mass is 32.2. The molecular formula is C46H49F2N13O8S. The van der Waals surface area contributed by atoms with E-state index in [0.717, 1.165) is 16.4 Å². The Balaban J connectivity index is 0.869. The highest BCUT2D eigenvalue weighted by Crippen LogP contribution is 2.37. The number of amides is 4. The second-order valence-electron chi connectivity index (χ2n) is 17.0. The van der Waals surface area contributed by atoms with Gasteiger partial charge in [0, 0.05) is 77.9 Å². The minimum atomic E-state index is -4.06. The Morgan fingerprint density at radius 1 is 0.929 bits per heavy atom. The summed E-state index contributed by atoms with van der Waals surface area (Å²) in [5, 5.41) is 26.8. The summed E-state index contributed by atoms with van der Waals surface area (Å²) in [4.78, 5) is 70.0. The van der Waals surface area contributed by atoms with Crippen LogP contribution in [0, 0.1) is 23.0 Å². The first-order valence-electron chi connectivity index (χ1n) is 22.3. The number of imide groups is 1. The highest BCUT2D eigenvalue weighted by molar-refractivity contribution is 7.90. The molecule has 4 N–H and O–H groups in total. The van der Waals surface area contributed by atoms with E-state index in [4.69, 9.17) is 4.74 Å². The van der Waals surface area contributed by atoms with Crippen molar-refractivity contribution < 1.29 is 41.4 Å². The number of halogens is 2. The third-order valence-electron chi connectivity index (χ3n) is 12.5. The van der Waals surface area contributed by atoms with Crippen molar-refractivity contribution in [2.45, 2.75) is 45.1 Å². The Morgan fingerprint density at radius 2 is 1.64 bits per heavy atom. The number of piperidine rings is 1. The number of benzene rings is 3. The van der Waals surface area contributed by atoms with Crippen molar-refractivity contribution in [3.05, 3.63) is 94.9 Å². The molecule has 5 heterocycles. The van der Waals surface area contributed by atoms with Gasteiger partial charge < -0.3 is 34.4 Å². The maximum Gasteiger partial charge on any atom is 0.325 e. The number of carbonyl (C=O) groups is 3. The number of aliphatic hydroxyl groups is 1. The molecule has 3 aromatic carbocycles. The predicted octanol–water partition coefficient (Wildman–Crippen LogP) is 4.35. The van der Waals surface area contributed by atoms with Gasteiger partial charge in [-0.3, -0.25) is 29.0 Å². The molecule has 0 bridgehead atoms. The smallest absolute Gasteiger partial charge is 0.325 e. The first-order valence-corrected chi connectivity index (χ1v) is 23.7. The fraction of sp³-hybridized carbons (Fsp3) is 0.348. The van der Waals surface area contributed by atoms with Gasteiger partial charge >= 0.3 is 16.2 Å². The number of hydrogen-bond donors (Lipinski definition) is 4. The maximum atomic E-state index is 15.6. The lowest BCUT2D eigenvalue weighted by molar-refractivity contribution is -0.137. The number of rotatable bonds is 13. The highest BCUT2D eigenvalue weighted by Gasteiger charge is 2.37. The number of piperazine rings is 1. The van der Waals surface area contributed by atoms with Crippen LogP contribution >= 0.6 is 0 Å². The fourth-order valence-electron chi connectivity index (χ4n) is 8.30. The van der Waals surface area contributed by atoms with Crippen LogP contribution in [0.3, 0.4) is 0 Å². The minimum absolute atomic E-state index is 0.0226. The van der Waals surface area contributed by atoms with Crippen molar-refractivity contribution >= 4 is 72.9 Å². The molecule has 21 nitrogen and oxygen atoms in total. The summed E-state index contributed by atoms with van der Waals surface area (Å²) in [6.45, 7) is 5.46. The lowest BCUT2D eigenvalue weighted by Gasteiger charge is -2.41. The van der Waals surface area contributed by atoms with Gasteiger partial charge in [0.25, 0.3) is 5.56 Å². The minimum Gasteiger partial charge on any atom is -0.453 e. The second-order valence-corrected chi connectivity index (χ2v) is 18.7. The Labute approximate surface area is 400 Å². The molecule has 70 heavy (non-hydrogen) atoms. The Morgan fingerprint density at radius 3 is 2.31 bits per heavy atom. The van der Waals surface area contributed by atoms with Crippen LogP contribution in [0.25, 0.3) is 27.5 Å². The lowest BCUT2D eigenvalue weighted by atomic mass is 9.87. The van der Waals surface area contributed by atoms with Crippen molar-refractivity contribution in [1.29, 1.82) is 5.26 Å². The molecule has 2 saturated heterocycles. The quantitative estimate of drug-likeness (QED) is 0.126.